The average molecular weight is 251 g/mol. The van der Waals surface area contributed by atoms with Gasteiger partial charge < -0.3 is 10.4 Å². The number of pyridine rings is 1. The molecule has 0 amide bonds. The Morgan fingerprint density at radius 3 is 3.00 bits per heavy atom. The summed E-state index contributed by atoms with van der Waals surface area (Å²) in [7, 11) is 0. The fraction of sp³-hybridized carbons (Fsp3) is 0.308. The first-order valence-electron chi connectivity index (χ1n) is 5.63. The minimum absolute atomic E-state index is 0.287. The molecule has 1 unspecified atom stereocenters. The second-order valence-electron chi connectivity index (χ2n) is 4.08. The molecule has 1 atom stereocenters. The minimum Gasteiger partial charge on any atom is -0.393 e. The van der Waals surface area contributed by atoms with Gasteiger partial charge in [0.25, 0.3) is 0 Å². The van der Waals surface area contributed by atoms with Gasteiger partial charge in [-0.15, -0.1) is 0 Å². The zero-order chi connectivity index (χ0) is 12.3. The molecule has 90 valence electrons. The van der Waals surface area contributed by atoms with Crippen molar-refractivity contribution in [2.24, 2.45) is 0 Å². The SMILES string of the molecule is CC(O)CCNc1ccnc2cc(Cl)ccc12. The van der Waals surface area contributed by atoms with Gasteiger partial charge in [0.2, 0.25) is 0 Å². The highest BCUT2D eigenvalue weighted by Gasteiger charge is 2.02. The average Bonchev–Trinajstić information content (AvgIpc) is 2.28. The second-order valence-corrected chi connectivity index (χ2v) is 4.52. The number of hydrogen-bond acceptors (Lipinski definition) is 3. The van der Waals surface area contributed by atoms with Crippen LogP contribution in [0.5, 0.6) is 0 Å². The van der Waals surface area contributed by atoms with Crippen molar-refractivity contribution in [2.45, 2.75) is 19.4 Å². The predicted octanol–water partition coefficient (Wildman–Crippen LogP) is 3.07. The number of anilines is 1. The molecule has 0 saturated heterocycles. The third-order valence-corrected chi connectivity index (χ3v) is 2.82. The standard InChI is InChI=1S/C13H15ClN2O/c1-9(17)4-6-15-12-5-7-16-13-8-10(14)2-3-11(12)13/h2-3,5,7-9,17H,4,6H2,1H3,(H,15,16). The molecular formula is C13H15ClN2O. The lowest BCUT2D eigenvalue weighted by Gasteiger charge is -2.10. The van der Waals surface area contributed by atoms with Crippen molar-refractivity contribution in [2.75, 3.05) is 11.9 Å². The van der Waals surface area contributed by atoms with Gasteiger partial charge in [0, 0.05) is 28.8 Å². The summed E-state index contributed by atoms with van der Waals surface area (Å²) in [5.41, 5.74) is 1.90. The van der Waals surface area contributed by atoms with Crippen LogP contribution in [0, 0.1) is 0 Å². The van der Waals surface area contributed by atoms with Gasteiger partial charge in [-0.2, -0.15) is 0 Å². The Balaban J connectivity index is 2.22. The first-order valence-corrected chi connectivity index (χ1v) is 6.01. The van der Waals surface area contributed by atoms with Crippen LogP contribution in [0.25, 0.3) is 10.9 Å². The lowest BCUT2D eigenvalue weighted by molar-refractivity contribution is 0.189. The molecule has 0 bridgehead atoms. The number of halogens is 1. The van der Waals surface area contributed by atoms with Crippen LogP contribution in [0.15, 0.2) is 30.5 Å². The number of nitrogens with zero attached hydrogens (tertiary/aromatic N) is 1. The Morgan fingerprint density at radius 1 is 1.41 bits per heavy atom. The molecule has 2 aromatic rings. The zero-order valence-corrected chi connectivity index (χ0v) is 10.4. The van der Waals surface area contributed by atoms with Gasteiger partial charge in [-0.3, -0.25) is 4.98 Å². The predicted molar refractivity (Wildman–Crippen MR) is 71.5 cm³/mol. The molecule has 2 N–H and O–H groups in total. The third-order valence-electron chi connectivity index (χ3n) is 2.58. The van der Waals surface area contributed by atoms with E-state index in [0.717, 1.165) is 29.6 Å². The van der Waals surface area contributed by atoms with Gasteiger partial charge in [0.15, 0.2) is 0 Å². The van der Waals surface area contributed by atoms with E-state index in [4.69, 9.17) is 11.6 Å². The Morgan fingerprint density at radius 2 is 2.24 bits per heavy atom. The highest BCUT2D eigenvalue weighted by molar-refractivity contribution is 6.31. The van der Waals surface area contributed by atoms with E-state index >= 15 is 0 Å². The van der Waals surface area contributed by atoms with E-state index in [-0.39, 0.29) is 6.10 Å². The normalized spacial score (nSPS) is 12.6. The van der Waals surface area contributed by atoms with Crippen LogP contribution in [0.2, 0.25) is 5.02 Å². The number of aliphatic hydroxyl groups is 1. The van der Waals surface area contributed by atoms with Gasteiger partial charge in [-0.25, -0.2) is 0 Å². The quantitative estimate of drug-likeness (QED) is 0.877. The molecule has 1 aromatic carbocycles. The van der Waals surface area contributed by atoms with Crippen molar-refractivity contribution in [1.29, 1.82) is 0 Å². The lowest BCUT2D eigenvalue weighted by Crippen LogP contribution is -2.09. The molecule has 0 aliphatic rings. The fourth-order valence-corrected chi connectivity index (χ4v) is 1.86. The largest absolute Gasteiger partial charge is 0.393 e. The van der Waals surface area contributed by atoms with Crippen molar-refractivity contribution in [3.8, 4) is 0 Å². The fourth-order valence-electron chi connectivity index (χ4n) is 1.69. The van der Waals surface area contributed by atoms with Crippen LogP contribution >= 0.6 is 11.6 Å². The van der Waals surface area contributed by atoms with E-state index in [2.05, 4.69) is 10.3 Å². The summed E-state index contributed by atoms with van der Waals surface area (Å²) in [6.07, 6.45) is 2.19. The Bertz CT molecular complexity index is 514. The van der Waals surface area contributed by atoms with Crippen LogP contribution in [0.3, 0.4) is 0 Å². The maximum atomic E-state index is 9.21. The number of nitrogens with one attached hydrogen (secondary N) is 1. The molecule has 1 aromatic heterocycles. The first-order chi connectivity index (χ1) is 8.16. The van der Waals surface area contributed by atoms with Crippen molar-refractivity contribution in [1.82, 2.24) is 4.98 Å². The van der Waals surface area contributed by atoms with Gasteiger partial charge in [0.1, 0.15) is 0 Å². The number of hydrogen-bond donors (Lipinski definition) is 2. The number of rotatable bonds is 4. The number of fused-ring (bicyclic) bond motifs is 1. The van der Waals surface area contributed by atoms with Crippen LogP contribution in [0.4, 0.5) is 5.69 Å². The van der Waals surface area contributed by atoms with E-state index in [1.165, 1.54) is 0 Å². The van der Waals surface area contributed by atoms with Crippen molar-refractivity contribution in [3.63, 3.8) is 0 Å². The van der Waals surface area contributed by atoms with Crippen molar-refractivity contribution >= 4 is 28.2 Å². The number of benzene rings is 1. The molecule has 3 nitrogen and oxygen atoms in total. The Kier molecular flexibility index (Phi) is 3.82. The molecule has 17 heavy (non-hydrogen) atoms. The molecular weight excluding hydrogens is 236 g/mol. The van der Waals surface area contributed by atoms with Gasteiger partial charge >= 0.3 is 0 Å². The summed E-state index contributed by atoms with van der Waals surface area (Å²) >= 11 is 5.92. The van der Waals surface area contributed by atoms with Crippen LogP contribution in [-0.4, -0.2) is 22.7 Å². The summed E-state index contributed by atoms with van der Waals surface area (Å²) < 4.78 is 0. The van der Waals surface area contributed by atoms with E-state index < -0.39 is 0 Å². The summed E-state index contributed by atoms with van der Waals surface area (Å²) in [6.45, 7) is 2.52. The first kappa shape index (κ1) is 12.1. The maximum Gasteiger partial charge on any atom is 0.0737 e. The van der Waals surface area contributed by atoms with Crippen molar-refractivity contribution in [3.05, 3.63) is 35.5 Å². The topological polar surface area (TPSA) is 45.1 Å². The molecule has 0 radical (unpaired) electrons. The van der Waals surface area contributed by atoms with E-state index in [1.54, 1.807) is 13.1 Å². The molecule has 4 heteroatoms. The van der Waals surface area contributed by atoms with E-state index in [9.17, 15) is 5.11 Å². The summed E-state index contributed by atoms with van der Waals surface area (Å²) in [6, 6.07) is 7.58. The molecule has 2 rings (SSSR count). The van der Waals surface area contributed by atoms with Crippen molar-refractivity contribution < 1.29 is 5.11 Å². The summed E-state index contributed by atoms with van der Waals surface area (Å²) in [4.78, 5) is 4.27. The monoisotopic (exact) mass is 250 g/mol. The Hall–Kier alpha value is -1.32. The highest BCUT2D eigenvalue weighted by Crippen LogP contribution is 2.24. The van der Waals surface area contributed by atoms with Gasteiger partial charge in [-0.05, 0) is 37.6 Å². The molecule has 0 fully saturated rings. The number of aliphatic hydroxyl groups excluding tert-OH is 1. The third kappa shape index (κ3) is 3.08. The molecule has 0 aliphatic heterocycles. The highest BCUT2D eigenvalue weighted by atomic mass is 35.5. The lowest BCUT2D eigenvalue weighted by atomic mass is 10.2. The second kappa shape index (κ2) is 5.34. The summed E-state index contributed by atoms with van der Waals surface area (Å²) in [5.74, 6) is 0. The van der Waals surface area contributed by atoms with Crippen LogP contribution in [0.1, 0.15) is 13.3 Å². The molecule has 0 spiro atoms. The number of aromatic nitrogens is 1. The molecule has 0 saturated carbocycles. The van der Waals surface area contributed by atoms with Gasteiger partial charge in [0.05, 0.1) is 11.6 Å². The van der Waals surface area contributed by atoms with E-state index in [0.29, 0.717) is 5.02 Å². The zero-order valence-electron chi connectivity index (χ0n) is 9.65. The Labute approximate surface area is 105 Å². The van der Waals surface area contributed by atoms with E-state index in [1.807, 2.05) is 24.3 Å². The smallest absolute Gasteiger partial charge is 0.0737 e. The van der Waals surface area contributed by atoms with Crippen LogP contribution in [-0.2, 0) is 0 Å². The molecule has 0 aliphatic carbocycles. The minimum atomic E-state index is -0.287. The maximum absolute atomic E-state index is 9.21. The summed E-state index contributed by atoms with van der Waals surface area (Å²) in [5, 5.41) is 14.2. The van der Waals surface area contributed by atoms with Crippen LogP contribution < -0.4 is 5.32 Å². The molecule has 1 heterocycles. The van der Waals surface area contributed by atoms with Gasteiger partial charge in [-0.1, -0.05) is 11.6 Å².